The first-order valence-corrected chi connectivity index (χ1v) is 10.4. The van der Waals surface area contributed by atoms with Crippen molar-refractivity contribution in [3.8, 4) is 0 Å². The molecule has 5 nitrogen and oxygen atoms in total. The van der Waals surface area contributed by atoms with Crippen LogP contribution in [0.2, 0.25) is 0 Å². The number of Topliss-reactive ketones (excluding diaryl/α,β-unsaturated/α-hetero) is 1. The number of carbonyl (C=O) groups is 2. The van der Waals surface area contributed by atoms with E-state index in [9.17, 15) is 9.59 Å². The lowest BCUT2D eigenvalue weighted by Gasteiger charge is -2.08. The molecule has 0 atom stereocenters. The molecule has 146 valence electrons. The number of ketones is 1. The Balaban J connectivity index is 1.42. The molecule has 6 heteroatoms. The molecule has 28 heavy (non-hydrogen) atoms. The molecule has 1 aliphatic rings. The molecule has 4 rings (SSSR count). The molecule has 3 heterocycles. The summed E-state index contributed by atoms with van der Waals surface area (Å²) in [5.74, 6) is 0.236. The number of hydrogen-bond donors (Lipinski definition) is 0. The van der Waals surface area contributed by atoms with Crippen LogP contribution in [-0.4, -0.2) is 22.9 Å². The van der Waals surface area contributed by atoms with Gasteiger partial charge < -0.3 is 13.7 Å². The van der Waals surface area contributed by atoms with Crippen molar-refractivity contribution in [2.75, 3.05) is 6.61 Å². The predicted octanol–water partition coefficient (Wildman–Crippen LogP) is 4.73. The Morgan fingerprint density at radius 2 is 2.04 bits per heavy atom. The molecule has 0 spiro atoms. The summed E-state index contributed by atoms with van der Waals surface area (Å²) < 4.78 is 12.8. The summed E-state index contributed by atoms with van der Waals surface area (Å²) >= 11 is 1.50. The van der Waals surface area contributed by atoms with E-state index in [-0.39, 0.29) is 12.4 Å². The summed E-state index contributed by atoms with van der Waals surface area (Å²) in [5.41, 5.74) is 3.66. The van der Waals surface area contributed by atoms with E-state index in [1.807, 2.05) is 42.7 Å². The molecule has 3 aromatic heterocycles. The fourth-order valence-corrected chi connectivity index (χ4v) is 4.90. The molecule has 0 aromatic carbocycles. The number of carbonyl (C=O) groups excluding carboxylic acids is 2. The van der Waals surface area contributed by atoms with Crippen LogP contribution in [0.25, 0.3) is 0 Å². The number of furan rings is 1. The lowest BCUT2D eigenvalue weighted by Crippen LogP contribution is -2.14. The molecule has 0 fully saturated rings. The van der Waals surface area contributed by atoms with Gasteiger partial charge in [0.2, 0.25) is 5.78 Å². The predicted molar refractivity (Wildman–Crippen MR) is 107 cm³/mol. The van der Waals surface area contributed by atoms with Gasteiger partial charge in [0.05, 0.1) is 12.8 Å². The second kappa shape index (κ2) is 7.80. The minimum atomic E-state index is -0.405. The summed E-state index contributed by atoms with van der Waals surface area (Å²) in [4.78, 5) is 26.9. The van der Waals surface area contributed by atoms with Gasteiger partial charge in [0.15, 0.2) is 6.61 Å². The fourth-order valence-electron chi connectivity index (χ4n) is 3.76. The normalized spacial score (nSPS) is 13.4. The molecule has 0 saturated carbocycles. The Morgan fingerprint density at radius 1 is 1.21 bits per heavy atom. The lowest BCUT2D eigenvalue weighted by molar-refractivity contribution is 0.0479. The van der Waals surface area contributed by atoms with Crippen molar-refractivity contribution in [2.24, 2.45) is 0 Å². The highest BCUT2D eigenvalue weighted by Gasteiger charge is 2.21. The third-order valence-electron chi connectivity index (χ3n) is 5.30. The molecule has 1 aliphatic carbocycles. The zero-order chi connectivity index (χ0) is 19.7. The Labute approximate surface area is 167 Å². The zero-order valence-corrected chi connectivity index (χ0v) is 16.9. The Hall–Kier alpha value is -2.60. The summed E-state index contributed by atoms with van der Waals surface area (Å²) in [7, 11) is 0. The minimum Gasteiger partial charge on any atom is -0.467 e. The van der Waals surface area contributed by atoms with Gasteiger partial charge in [-0.3, -0.25) is 4.79 Å². The molecule has 0 bridgehead atoms. The fraction of sp³-hybridized carbons (Fsp3) is 0.364. The second-order valence-corrected chi connectivity index (χ2v) is 8.35. The molecule has 0 amide bonds. The molecule has 0 saturated heterocycles. The average Bonchev–Trinajstić information content (AvgIpc) is 3.41. The van der Waals surface area contributed by atoms with Crippen molar-refractivity contribution in [3.05, 3.63) is 68.6 Å². The van der Waals surface area contributed by atoms with Gasteiger partial charge in [0.1, 0.15) is 10.6 Å². The standard InChI is InChI=1S/C22H23NO4S/c1-14-10-18(15(2)23(14)12-17-7-5-9-26-17)19(24)13-27-22(25)21-11-16-6-3-4-8-20(16)28-21/h5,7,9-11H,3-4,6,8,12-13H2,1-2H3. The van der Waals surface area contributed by atoms with Gasteiger partial charge in [-0.1, -0.05) is 0 Å². The van der Waals surface area contributed by atoms with Crippen LogP contribution >= 0.6 is 11.3 Å². The van der Waals surface area contributed by atoms with E-state index in [0.717, 1.165) is 30.0 Å². The van der Waals surface area contributed by atoms with Crippen molar-refractivity contribution in [3.63, 3.8) is 0 Å². The lowest BCUT2D eigenvalue weighted by atomic mass is 9.99. The summed E-state index contributed by atoms with van der Waals surface area (Å²) in [6.07, 6.45) is 6.05. The van der Waals surface area contributed by atoms with Gasteiger partial charge in [-0.05, 0) is 69.4 Å². The maximum Gasteiger partial charge on any atom is 0.348 e. The van der Waals surface area contributed by atoms with Crippen molar-refractivity contribution in [1.29, 1.82) is 0 Å². The maximum atomic E-state index is 12.7. The number of aryl methyl sites for hydroxylation is 3. The minimum absolute atomic E-state index is 0.187. The van der Waals surface area contributed by atoms with Crippen LogP contribution in [0.4, 0.5) is 0 Å². The van der Waals surface area contributed by atoms with E-state index < -0.39 is 5.97 Å². The van der Waals surface area contributed by atoms with E-state index in [4.69, 9.17) is 9.15 Å². The maximum absolute atomic E-state index is 12.7. The number of esters is 1. The van der Waals surface area contributed by atoms with Crippen LogP contribution in [0.5, 0.6) is 0 Å². The topological polar surface area (TPSA) is 61.4 Å². The highest BCUT2D eigenvalue weighted by Crippen LogP contribution is 2.30. The first-order chi connectivity index (χ1) is 13.5. The van der Waals surface area contributed by atoms with Crippen molar-refractivity contribution >= 4 is 23.1 Å². The molecule has 0 N–H and O–H groups in total. The van der Waals surface area contributed by atoms with Gasteiger partial charge in [-0.25, -0.2) is 4.79 Å². The Kier molecular flexibility index (Phi) is 5.22. The van der Waals surface area contributed by atoms with Crippen LogP contribution in [0, 0.1) is 13.8 Å². The summed E-state index contributed by atoms with van der Waals surface area (Å²) in [5, 5.41) is 0. The molecule has 3 aromatic rings. The Bertz CT molecular complexity index is 986. The molecular formula is C22H23NO4S. The van der Waals surface area contributed by atoms with Gasteiger partial charge in [0, 0.05) is 21.8 Å². The molecular weight excluding hydrogens is 374 g/mol. The van der Waals surface area contributed by atoms with Crippen LogP contribution < -0.4 is 0 Å². The molecule has 0 radical (unpaired) electrons. The monoisotopic (exact) mass is 397 g/mol. The van der Waals surface area contributed by atoms with E-state index in [0.29, 0.717) is 17.0 Å². The largest absolute Gasteiger partial charge is 0.467 e. The Morgan fingerprint density at radius 3 is 2.79 bits per heavy atom. The SMILES string of the molecule is Cc1cc(C(=O)COC(=O)c2cc3c(s2)CCCC3)c(C)n1Cc1ccco1. The molecule has 0 unspecified atom stereocenters. The number of aromatic nitrogens is 1. The van der Waals surface area contributed by atoms with Gasteiger partial charge in [-0.15, -0.1) is 11.3 Å². The van der Waals surface area contributed by atoms with Crippen molar-refractivity contribution in [1.82, 2.24) is 4.57 Å². The van der Waals surface area contributed by atoms with E-state index >= 15 is 0 Å². The number of nitrogens with zero attached hydrogens (tertiary/aromatic N) is 1. The quantitative estimate of drug-likeness (QED) is 0.446. The van der Waals surface area contributed by atoms with Crippen molar-refractivity contribution in [2.45, 2.75) is 46.1 Å². The number of thiophene rings is 1. The van der Waals surface area contributed by atoms with E-state index in [2.05, 4.69) is 0 Å². The van der Waals surface area contributed by atoms with Crippen molar-refractivity contribution < 1.29 is 18.7 Å². The van der Waals surface area contributed by atoms with Crippen LogP contribution in [0.3, 0.4) is 0 Å². The summed E-state index contributed by atoms with van der Waals surface area (Å²) in [6.45, 7) is 4.18. The van der Waals surface area contributed by atoms with Gasteiger partial charge >= 0.3 is 5.97 Å². The van der Waals surface area contributed by atoms with Gasteiger partial charge in [0.25, 0.3) is 0 Å². The van der Waals surface area contributed by atoms with Crippen LogP contribution in [0.1, 0.15) is 60.5 Å². The van der Waals surface area contributed by atoms with Crippen LogP contribution in [0.15, 0.2) is 34.9 Å². The second-order valence-electron chi connectivity index (χ2n) is 7.22. The third-order valence-corrected chi connectivity index (χ3v) is 6.52. The highest BCUT2D eigenvalue weighted by atomic mass is 32.1. The number of ether oxygens (including phenoxy) is 1. The number of fused-ring (bicyclic) bond motifs is 1. The first-order valence-electron chi connectivity index (χ1n) is 9.54. The number of hydrogen-bond acceptors (Lipinski definition) is 5. The zero-order valence-electron chi connectivity index (χ0n) is 16.1. The van der Waals surface area contributed by atoms with Gasteiger partial charge in [-0.2, -0.15) is 0 Å². The van der Waals surface area contributed by atoms with E-state index in [1.54, 1.807) is 6.26 Å². The van der Waals surface area contributed by atoms with Crippen LogP contribution in [-0.2, 0) is 24.1 Å². The smallest absolute Gasteiger partial charge is 0.348 e. The summed E-state index contributed by atoms with van der Waals surface area (Å²) in [6, 6.07) is 7.53. The average molecular weight is 397 g/mol. The number of rotatable bonds is 6. The highest BCUT2D eigenvalue weighted by molar-refractivity contribution is 7.14. The molecule has 0 aliphatic heterocycles. The first kappa shape index (κ1) is 18.7. The third kappa shape index (κ3) is 3.69. The van der Waals surface area contributed by atoms with E-state index in [1.165, 1.54) is 34.6 Å².